The van der Waals surface area contributed by atoms with E-state index in [1.54, 1.807) is 23.9 Å². The predicted molar refractivity (Wildman–Crippen MR) is 128 cm³/mol. The zero-order valence-electron chi connectivity index (χ0n) is 15.4. The Balaban J connectivity index is 0.00000392. The van der Waals surface area contributed by atoms with E-state index in [2.05, 4.69) is 15.6 Å². The van der Waals surface area contributed by atoms with E-state index in [0.29, 0.717) is 12.5 Å². The number of aliphatic imine (C=N–C) groups is 1. The van der Waals surface area contributed by atoms with Gasteiger partial charge in [-0.15, -0.1) is 35.7 Å². The molecule has 0 unspecified atom stereocenters. The van der Waals surface area contributed by atoms with Gasteiger partial charge in [-0.25, -0.2) is 18.5 Å². The summed E-state index contributed by atoms with van der Waals surface area (Å²) in [5.41, 5.74) is 0.772. The molecule has 6 nitrogen and oxygen atoms in total. The van der Waals surface area contributed by atoms with Gasteiger partial charge in [-0.05, 0) is 48.9 Å². The first-order valence-corrected chi connectivity index (χ1v) is 11.3. The van der Waals surface area contributed by atoms with Crippen LogP contribution in [0.25, 0.3) is 0 Å². The van der Waals surface area contributed by atoms with Crippen molar-refractivity contribution in [2.45, 2.75) is 23.3 Å². The summed E-state index contributed by atoms with van der Waals surface area (Å²) in [4.78, 5) is 5.74. The van der Waals surface area contributed by atoms with Crippen molar-refractivity contribution in [3.63, 3.8) is 0 Å². The molecule has 2 aromatic rings. The largest absolute Gasteiger partial charge is 0.357 e. The number of primary sulfonamides is 1. The Morgan fingerprint density at radius 2 is 1.89 bits per heavy atom. The zero-order chi connectivity index (χ0) is 19.7. The smallest absolute Gasteiger partial charge is 0.238 e. The monoisotopic (exact) mass is 554 g/mol. The molecule has 0 amide bonds. The zero-order valence-corrected chi connectivity index (χ0v) is 20.1. The average molecular weight is 555 g/mol. The third-order valence-corrected chi connectivity index (χ3v) is 5.64. The van der Waals surface area contributed by atoms with E-state index in [0.717, 1.165) is 34.3 Å². The minimum absolute atomic E-state index is 0. The lowest BCUT2D eigenvalue weighted by Gasteiger charge is -2.11. The highest BCUT2D eigenvalue weighted by molar-refractivity contribution is 14.0. The highest BCUT2D eigenvalue weighted by Gasteiger charge is 2.07. The molecule has 0 radical (unpaired) electrons. The topological polar surface area (TPSA) is 96.6 Å². The van der Waals surface area contributed by atoms with Crippen molar-refractivity contribution in [2.75, 3.05) is 18.8 Å². The summed E-state index contributed by atoms with van der Waals surface area (Å²) < 4.78 is 22.9. The van der Waals surface area contributed by atoms with E-state index >= 15 is 0 Å². The SMILES string of the molecule is CCNC(=NCc1cccc(S(N)(=O)=O)c1)NCCSc1ccc(Cl)cc1.I. The summed E-state index contributed by atoms with van der Waals surface area (Å²) in [6.45, 7) is 3.80. The van der Waals surface area contributed by atoms with Crippen molar-refractivity contribution in [3.8, 4) is 0 Å². The molecule has 0 saturated heterocycles. The summed E-state index contributed by atoms with van der Waals surface area (Å²) in [6.07, 6.45) is 0. The van der Waals surface area contributed by atoms with Crippen LogP contribution < -0.4 is 15.8 Å². The summed E-state index contributed by atoms with van der Waals surface area (Å²) >= 11 is 7.61. The first kappa shape index (κ1) is 25.0. The van der Waals surface area contributed by atoms with Gasteiger partial charge in [0.25, 0.3) is 0 Å². The fraction of sp³-hybridized carbons (Fsp3) is 0.278. The number of hydrogen-bond acceptors (Lipinski definition) is 4. The van der Waals surface area contributed by atoms with E-state index in [1.807, 2.05) is 37.3 Å². The average Bonchev–Trinajstić information content (AvgIpc) is 2.64. The predicted octanol–water partition coefficient (Wildman–Crippen LogP) is 3.45. The van der Waals surface area contributed by atoms with Crippen molar-refractivity contribution < 1.29 is 8.42 Å². The normalized spacial score (nSPS) is 11.6. The van der Waals surface area contributed by atoms with Gasteiger partial charge in [0, 0.05) is 28.8 Å². The molecule has 2 aromatic carbocycles. The highest BCUT2D eigenvalue weighted by atomic mass is 127. The van der Waals surface area contributed by atoms with Crippen molar-refractivity contribution in [2.24, 2.45) is 10.1 Å². The molecule has 0 heterocycles. The number of guanidine groups is 1. The standard InChI is InChI=1S/C18H23ClN4O2S2.HI/c1-2-21-18(22-10-11-26-16-8-6-15(19)7-9-16)23-13-14-4-3-5-17(12-14)27(20,24)25;/h3-9,12H,2,10-11,13H2,1H3,(H2,20,24,25)(H2,21,22,23);1H. The minimum Gasteiger partial charge on any atom is -0.357 e. The quantitative estimate of drug-likeness (QED) is 0.153. The lowest BCUT2D eigenvalue weighted by atomic mass is 10.2. The highest BCUT2D eigenvalue weighted by Crippen LogP contribution is 2.19. The number of hydrogen-bond donors (Lipinski definition) is 3. The van der Waals surface area contributed by atoms with Crippen LogP contribution >= 0.6 is 47.3 Å². The van der Waals surface area contributed by atoms with Crippen LogP contribution in [0.4, 0.5) is 0 Å². The molecular formula is C18H24ClIN4O2S2. The molecule has 28 heavy (non-hydrogen) atoms. The number of thioether (sulfide) groups is 1. The van der Waals surface area contributed by atoms with Crippen LogP contribution in [-0.4, -0.2) is 33.2 Å². The Kier molecular flexibility index (Phi) is 11.2. The summed E-state index contributed by atoms with van der Waals surface area (Å²) in [6, 6.07) is 14.2. The maximum Gasteiger partial charge on any atom is 0.238 e. The lowest BCUT2D eigenvalue weighted by molar-refractivity contribution is 0.597. The van der Waals surface area contributed by atoms with E-state index in [9.17, 15) is 8.42 Å². The summed E-state index contributed by atoms with van der Waals surface area (Å²) in [5.74, 6) is 1.54. The van der Waals surface area contributed by atoms with Gasteiger partial charge in [0.1, 0.15) is 0 Å². The molecule has 4 N–H and O–H groups in total. The van der Waals surface area contributed by atoms with E-state index in [1.165, 1.54) is 6.07 Å². The Hall–Kier alpha value is -1.01. The maximum absolute atomic E-state index is 11.4. The van der Waals surface area contributed by atoms with Gasteiger partial charge in [0.05, 0.1) is 11.4 Å². The van der Waals surface area contributed by atoms with Gasteiger partial charge in [0.15, 0.2) is 5.96 Å². The van der Waals surface area contributed by atoms with Crippen LogP contribution in [0.5, 0.6) is 0 Å². The van der Waals surface area contributed by atoms with Crippen LogP contribution in [0.3, 0.4) is 0 Å². The molecule has 0 atom stereocenters. The summed E-state index contributed by atoms with van der Waals surface area (Å²) in [7, 11) is -3.71. The maximum atomic E-state index is 11.4. The Morgan fingerprint density at radius 1 is 1.18 bits per heavy atom. The van der Waals surface area contributed by atoms with Gasteiger partial charge >= 0.3 is 0 Å². The molecule has 0 aromatic heterocycles. The summed E-state index contributed by atoms with van der Waals surface area (Å²) in [5, 5.41) is 12.3. The van der Waals surface area contributed by atoms with Gasteiger partial charge in [-0.1, -0.05) is 23.7 Å². The Morgan fingerprint density at radius 3 is 2.54 bits per heavy atom. The second kappa shape index (κ2) is 12.5. The van der Waals surface area contributed by atoms with Crippen molar-refractivity contribution in [1.82, 2.24) is 10.6 Å². The molecule has 0 spiro atoms. The molecule has 154 valence electrons. The number of rotatable bonds is 8. The van der Waals surface area contributed by atoms with Crippen LogP contribution in [0.2, 0.25) is 5.02 Å². The molecule has 0 aliphatic rings. The van der Waals surface area contributed by atoms with Crippen LogP contribution in [0.1, 0.15) is 12.5 Å². The lowest BCUT2D eigenvalue weighted by Crippen LogP contribution is -2.38. The van der Waals surface area contributed by atoms with E-state index in [-0.39, 0.29) is 28.9 Å². The minimum atomic E-state index is -3.71. The second-order valence-electron chi connectivity index (χ2n) is 5.62. The van der Waals surface area contributed by atoms with E-state index < -0.39 is 10.0 Å². The number of nitrogens with one attached hydrogen (secondary N) is 2. The first-order valence-electron chi connectivity index (χ1n) is 8.41. The fourth-order valence-corrected chi connectivity index (χ4v) is 3.68. The van der Waals surface area contributed by atoms with Crippen LogP contribution in [0, 0.1) is 0 Å². The van der Waals surface area contributed by atoms with Crippen LogP contribution in [0.15, 0.2) is 63.3 Å². The van der Waals surface area contributed by atoms with Crippen molar-refractivity contribution in [3.05, 3.63) is 59.1 Å². The number of nitrogens with two attached hydrogens (primary N) is 1. The Labute approximate surface area is 192 Å². The molecule has 0 aliphatic carbocycles. The number of sulfonamides is 1. The van der Waals surface area contributed by atoms with Crippen molar-refractivity contribution in [1.29, 1.82) is 0 Å². The number of halogens is 2. The molecule has 10 heteroatoms. The number of benzene rings is 2. The molecular weight excluding hydrogens is 531 g/mol. The molecule has 0 aliphatic heterocycles. The molecule has 2 rings (SSSR count). The van der Waals surface area contributed by atoms with Gasteiger partial charge in [-0.2, -0.15) is 0 Å². The van der Waals surface area contributed by atoms with Gasteiger partial charge in [0.2, 0.25) is 10.0 Å². The Bertz CT molecular complexity index is 877. The molecule has 0 saturated carbocycles. The third-order valence-electron chi connectivity index (χ3n) is 3.47. The molecule has 0 bridgehead atoms. The first-order chi connectivity index (χ1) is 12.9. The van der Waals surface area contributed by atoms with Crippen molar-refractivity contribution >= 4 is 63.3 Å². The molecule has 0 fully saturated rings. The van der Waals surface area contributed by atoms with Crippen LogP contribution in [-0.2, 0) is 16.6 Å². The van der Waals surface area contributed by atoms with E-state index in [4.69, 9.17) is 16.7 Å². The number of nitrogens with zero attached hydrogens (tertiary/aromatic N) is 1. The van der Waals surface area contributed by atoms with Gasteiger partial charge in [-0.3, -0.25) is 0 Å². The fourth-order valence-electron chi connectivity index (χ4n) is 2.20. The third kappa shape index (κ3) is 8.99. The van der Waals surface area contributed by atoms with Gasteiger partial charge < -0.3 is 10.6 Å². The second-order valence-corrected chi connectivity index (χ2v) is 8.78.